The Balaban J connectivity index is 2.24. The number of pyridine rings is 1. The van der Waals surface area contributed by atoms with E-state index in [-0.39, 0.29) is 5.82 Å². The summed E-state index contributed by atoms with van der Waals surface area (Å²) < 4.78 is 13.0. The fraction of sp³-hybridized carbons (Fsp3) is 0.200. The Morgan fingerprint density at radius 1 is 1.35 bits per heavy atom. The van der Waals surface area contributed by atoms with E-state index in [9.17, 15) is 4.39 Å². The summed E-state index contributed by atoms with van der Waals surface area (Å²) in [7, 11) is 1.85. The van der Waals surface area contributed by atoms with Gasteiger partial charge in [-0.25, -0.2) is 9.37 Å². The molecule has 0 amide bonds. The molecule has 2 aromatic rings. The Labute approximate surface area is 122 Å². The molecule has 0 aliphatic carbocycles. The third-order valence-corrected chi connectivity index (χ3v) is 3.35. The molecule has 0 saturated carbocycles. The van der Waals surface area contributed by atoms with Gasteiger partial charge in [-0.15, -0.1) is 0 Å². The van der Waals surface area contributed by atoms with E-state index in [0.717, 1.165) is 11.1 Å². The van der Waals surface area contributed by atoms with Crippen LogP contribution in [0.1, 0.15) is 16.8 Å². The minimum atomic E-state index is -0.360. The zero-order valence-electron chi connectivity index (χ0n) is 11.2. The molecule has 0 aliphatic rings. The van der Waals surface area contributed by atoms with Gasteiger partial charge in [-0.05, 0) is 36.2 Å². The van der Waals surface area contributed by atoms with E-state index in [4.69, 9.17) is 16.9 Å². The van der Waals surface area contributed by atoms with Crippen LogP contribution in [0.2, 0.25) is 5.02 Å². The highest BCUT2D eigenvalue weighted by atomic mass is 35.5. The minimum absolute atomic E-state index is 0.360. The van der Waals surface area contributed by atoms with Gasteiger partial charge in [-0.3, -0.25) is 0 Å². The van der Waals surface area contributed by atoms with Crippen molar-refractivity contribution < 1.29 is 4.39 Å². The van der Waals surface area contributed by atoms with Crippen molar-refractivity contribution in [3.05, 3.63) is 58.0 Å². The molecule has 3 nitrogen and oxygen atoms in total. The van der Waals surface area contributed by atoms with Gasteiger partial charge in [0.15, 0.2) is 0 Å². The second-order valence-corrected chi connectivity index (χ2v) is 4.95. The van der Waals surface area contributed by atoms with Gasteiger partial charge in [0.05, 0.1) is 0 Å². The summed E-state index contributed by atoms with van der Waals surface area (Å²) in [5.74, 6) is 0.314. The number of nitriles is 1. The summed E-state index contributed by atoms with van der Waals surface area (Å²) in [6.45, 7) is 2.33. The topological polar surface area (TPSA) is 39.9 Å². The molecule has 0 saturated heterocycles. The number of anilines is 1. The van der Waals surface area contributed by atoms with E-state index in [0.29, 0.717) is 23.1 Å². The third-order valence-electron chi connectivity index (χ3n) is 3.00. The molecule has 1 aromatic carbocycles. The molecular formula is C15H13ClFN3. The summed E-state index contributed by atoms with van der Waals surface area (Å²) in [6, 6.07) is 10.1. The second kappa shape index (κ2) is 5.89. The number of nitrogens with zero attached hydrogens (tertiary/aromatic N) is 3. The van der Waals surface area contributed by atoms with Gasteiger partial charge in [-0.2, -0.15) is 5.26 Å². The van der Waals surface area contributed by atoms with Crippen molar-refractivity contribution in [1.29, 1.82) is 5.26 Å². The Bertz CT molecular complexity index is 679. The maximum atomic E-state index is 13.0. The fourth-order valence-corrected chi connectivity index (χ4v) is 2.06. The quantitative estimate of drug-likeness (QED) is 0.865. The second-order valence-electron chi connectivity index (χ2n) is 4.54. The van der Waals surface area contributed by atoms with E-state index < -0.39 is 0 Å². The van der Waals surface area contributed by atoms with Gasteiger partial charge in [0.25, 0.3) is 0 Å². The van der Waals surface area contributed by atoms with Crippen LogP contribution in [-0.2, 0) is 6.54 Å². The van der Waals surface area contributed by atoms with Crippen LogP contribution in [0.4, 0.5) is 10.2 Å². The first-order valence-electron chi connectivity index (χ1n) is 6.04. The molecule has 1 heterocycles. The number of hydrogen-bond donors (Lipinski definition) is 0. The molecule has 0 spiro atoms. The summed E-state index contributed by atoms with van der Waals surface area (Å²) in [4.78, 5) is 6.14. The zero-order valence-corrected chi connectivity index (χ0v) is 11.9. The lowest BCUT2D eigenvalue weighted by molar-refractivity contribution is 0.627. The standard InChI is InChI=1S/C15H13ClFN3/c1-10-3-6-15(19-14(10)8-18)20(2)9-11-4-5-12(17)7-13(11)16/h3-7H,9H2,1-2H3. The van der Waals surface area contributed by atoms with Crippen molar-refractivity contribution in [2.24, 2.45) is 0 Å². The first-order chi connectivity index (χ1) is 9.51. The minimum Gasteiger partial charge on any atom is -0.355 e. The van der Waals surface area contributed by atoms with Crippen LogP contribution in [0.25, 0.3) is 0 Å². The molecule has 20 heavy (non-hydrogen) atoms. The van der Waals surface area contributed by atoms with Gasteiger partial charge in [0.2, 0.25) is 0 Å². The van der Waals surface area contributed by atoms with Gasteiger partial charge in [0, 0.05) is 18.6 Å². The number of aromatic nitrogens is 1. The Kier molecular flexibility index (Phi) is 4.21. The van der Waals surface area contributed by atoms with E-state index >= 15 is 0 Å². The maximum absolute atomic E-state index is 13.0. The normalized spacial score (nSPS) is 10.2. The lowest BCUT2D eigenvalue weighted by atomic mass is 10.2. The number of hydrogen-bond acceptors (Lipinski definition) is 3. The van der Waals surface area contributed by atoms with Crippen LogP contribution >= 0.6 is 11.6 Å². The highest BCUT2D eigenvalue weighted by molar-refractivity contribution is 6.31. The molecule has 5 heteroatoms. The molecule has 0 N–H and O–H groups in total. The first-order valence-corrected chi connectivity index (χ1v) is 6.42. The lowest BCUT2D eigenvalue weighted by Crippen LogP contribution is -2.18. The van der Waals surface area contributed by atoms with Crippen molar-refractivity contribution >= 4 is 17.4 Å². The van der Waals surface area contributed by atoms with Crippen LogP contribution in [-0.4, -0.2) is 12.0 Å². The maximum Gasteiger partial charge on any atom is 0.145 e. The average molecular weight is 290 g/mol. The summed E-state index contributed by atoms with van der Waals surface area (Å²) >= 11 is 6.01. The fourth-order valence-electron chi connectivity index (χ4n) is 1.83. The Hall–Kier alpha value is -2.12. The van der Waals surface area contributed by atoms with E-state index in [2.05, 4.69) is 11.1 Å². The number of halogens is 2. The van der Waals surface area contributed by atoms with Crippen LogP contribution in [0, 0.1) is 24.1 Å². The third kappa shape index (κ3) is 3.06. The van der Waals surface area contributed by atoms with Crippen molar-refractivity contribution in [1.82, 2.24) is 4.98 Å². The SMILES string of the molecule is Cc1ccc(N(C)Cc2ccc(F)cc2Cl)nc1C#N. The predicted molar refractivity (Wildman–Crippen MR) is 77.2 cm³/mol. The molecule has 0 unspecified atom stereocenters. The average Bonchev–Trinajstić information content (AvgIpc) is 2.42. The van der Waals surface area contributed by atoms with Crippen LogP contribution in [0.5, 0.6) is 0 Å². The van der Waals surface area contributed by atoms with Gasteiger partial charge >= 0.3 is 0 Å². The van der Waals surface area contributed by atoms with E-state index in [1.54, 1.807) is 6.07 Å². The van der Waals surface area contributed by atoms with Crippen molar-refractivity contribution in [2.45, 2.75) is 13.5 Å². The summed E-state index contributed by atoms with van der Waals surface area (Å²) in [5.41, 5.74) is 2.04. The van der Waals surface area contributed by atoms with Crippen LogP contribution in [0.3, 0.4) is 0 Å². The van der Waals surface area contributed by atoms with E-state index in [1.165, 1.54) is 12.1 Å². The highest BCUT2D eigenvalue weighted by Gasteiger charge is 2.09. The lowest BCUT2D eigenvalue weighted by Gasteiger charge is -2.19. The van der Waals surface area contributed by atoms with E-state index in [1.807, 2.05) is 31.0 Å². The van der Waals surface area contributed by atoms with Crippen LogP contribution in [0.15, 0.2) is 30.3 Å². The van der Waals surface area contributed by atoms with Gasteiger partial charge < -0.3 is 4.90 Å². The smallest absolute Gasteiger partial charge is 0.145 e. The van der Waals surface area contributed by atoms with Gasteiger partial charge in [0.1, 0.15) is 23.4 Å². The summed E-state index contributed by atoms with van der Waals surface area (Å²) in [6.07, 6.45) is 0. The molecule has 1 aromatic heterocycles. The zero-order chi connectivity index (χ0) is 14.7. The van der Waals surface area contributed by atoms with Crippen molar-refractivity contribution in [3.8, 4) is 6.07 Å². The molecular weight excluding hydrogens is 277 g/mol. The molecule has 0 aliphatic heterocycles. The number of benzene rings is 1. The molecule has 2 rings (SSSR count). The monoisotopic (exact) mass is 289 g/mol. The first kappa shape index (κ1) is 14.3. The highest BCUT2D eigenvalue weighted by Crippen LogP contribution is 2.21. The van der Waals surface area contributed by atoms with Crippen LogP contribution < -0.4 is 4.90 Å². The molecule has 0 fully saturated rings. The summed E-state index contributed by atoms with van der Waals surface area (Å²) in [5, 5.41) is 9.37. The van der Waals surface area contributed by atoms with Crippen molar-refractivity contribution in [2.75, 3.05) is 11.9 Å². The molecule has 0 radical (unpaired) electrons. The number of rotatable bonds is 3. The predicted octanol–water partition coefficient (Wildman–Crippen LogP) is 3.69. The van der Waals surface area contributed by atoms with Crippen molar-refractivity contribution in [3.63, 3.8) is 0 Å². The Morgan fingerprint density at radius 3 is 2.75 bits per heavy atom. The molecule has 102 valence electrons. The van der Waals surface area contributed by atoms with Gasteiger partial charge in [-0.1, -0.05) is 23.7 Å². The largest absolute Gasteiger partial charge is 0.355 e. The molecule has 0 bridgehead atoms. The number of aryl methyl sites for hydroxylation is 1. The Morgan fingerprint density at radius 2 is 2.10 bits per heavy atom. The molecule has 0 atom stereocenters.